The summed E-state index contributed by atoms with van der Waals surface area (Å²) >= 11 is 0. The predicted octanol–water partition coefficient (Wildman–Crippen LogP) is 2.22. The molecule has 2 rings (SSSR count). The fourth-order valence-corrected chi connectivity index (χ4v) is 1.91. The number of rotatable bonds is 6. The maximum absolute atomic E-state index is 10.0. The Morgan fingerprint density at radius 3 is 2.15 bits per heavy atom. The quantitative estimate of drug-likeness (QED) is 0.754. The first-order valence-corrected chi connectivity index (χ1v) is 6.58. The summed E-state index contributed by atoms with van der Waals surface area (Å²) in [5.74, 6) is 1.46. The summed E-state index contributed by atoms with van der Waals surface area (Å²) in [5.41, 5.74) is 6.49. The summed E-state index contributed by atoms with van der Waals surface area (Å²) in [4.78, 5) is 0. The second-order valence-corrected chi connectivity index (χ2v) is 4.61. The number of aliphatic hydroxyl groups excluding tert-OH is 2. The molecule has 4 N–H and O–H groups in total. The smallest absolute Gasteiger partial charge is 0.127 e. The highest BCUT2D eigenvalue weighted by atomic mass is 16.5. The molecule has 2 aromatic carbocycles. The van der Waals surface area contributed by atoms with Crippen LogP contribution in [0.3, 0.4) is 0 Å². The molecule has 0 amide bonds. The maximum atomic E-state index is 10.0. The van der Waals surface area contributed by atoms with Gasteiger partial charge in [0.15, 0.2) is 0 Å². The van der Waals surface area contributed by atoms with Gasteiger partial charge in [0.05, 0.1) is 6.10 Å². The summed E-state index contributed by atoms with van der Waals surface area (Å²) in [5, 5.41) is 18.9. The topological polar surface area (TPSA) is 75.7 Å². The molecule has 106 valence electrons. The van der Waals surface area contributed by atoms with E-state index in [0.29, 0.717) is 17.7 Å². The van der Waals surface area contributed by atoms with Gasteiger partial charge in [0.1, 0.15) is 11.5 Å². The predicted molar refractivity (Wildman–Crippen MR) is 77.6 cm³/mol. The standard InChI is InChI=1S/C16H19NO3/c17-15(10-11-18)16(19)12-6-8-14(9-7-12)20-13-4-2-1-3-5-13/h1-9,15-16,18-19H,10-11,17H2. The van der Waals surface area contributed by atoms with Crippen LogP contribution in [-0.2, 0) is 0 Å². The lowest BCUT2D eigenvalue weighted by Gasteiger charge is -2.18. The van der Waals surface area contributed by atoms with Crippen molar-refractivity contribution in [3.63, 3.8) is 0 Å². The van der Waals surface area contributed by atoms with Crippen molar-refractivity contribution in [2.45, 2.75) is 18.6 Å². The highest BCUT2D eigenvalue weighted by Gasteiger charge is 2.16. The Morgan fingerprint density at radius 1 is 0.950 bits per heavy atom. The van der Waals surface area contributed by atoms with Gasteiger partial charge in [-0.25, -0.2) is 0 Å². The molecule has 2 unspecified atom stereocenters. The zero-order valence-corrected chi connectivity index (χ0v) is 11.1. The van der Waals surface area contributed by atoms with Crippen LogP contribution in [0, 0.1) is 0 Å². The minimum atomic E-state index is -0.784. The molecule has 0 saturated carbocycles. The van der Waals surface area contributed by atoms with E-state index in [1.807, 2.05) is 30.3 Å². The molecule has 4 heteroatoms. The number of ether oxygens (including phenoxy) is 1. The first kappa shape index (κ1) is 14.5. The van der Waals surface area contributed by atoms with Gasteiger partial charge in [-0.2, -0.15) is 0 Å². The molecule has 4 nitrogen and oxygen atoms in total. The molecule has 0 aromatic heterocycles. The Balaban J connectivity index is 2.03. The molecule has 2 atom stereocenters. The lowest BCUT2D eigenvalue weighted by Crippen LogP contribution is -2.29. The van der Waals surface area contributed by atoms with E-state index in [9.17, 15) is 5.11 Å². The molecule has 0 bridgehead atoms. The van der Waals surface area contributed by atoms with Crippen molar-refractivity contribution in [2.24, 2.45) is 5.73 Å². The van der Waals surface area contributed by atoms with Crippen LogP contribution in [0.15, 0.2) is 54.6 Å². The highest BCUT2D eigenvalue weighted by molar-refractivity contribution is 5.33. The minimum absolute atomic E-state index is 0.0343. The summed E-state index contributed by atoms with van der Waals surface area (Å²) in [6.45, 7) is -0.0343. The number of hydrogen-bond acceptors (Lipinski definition) is 4. The second kappa shape index (κ2) is 7.05. The number of aliphatic hydroxyl groups is 2. The van der Waals surface area contributed by atoms with Crippen molar-refractivity contribution in [1.29, 1.82) is 0 Å². The fourth-order valence-electron chi connectivity index (χ4n) is 1.91. The molecule has 20 heavy (non-hydrogen) atoms. The van der Waals surface area contributed by atoms with E-state index in [2.05, 4.69) is 0 Å². The summed E-state index contributed by atoms with van der Waals surface area (Å²) < 4.78 is 5.67. The van der Waals surface area contributed by atoms with Crippen molar-refractivity contribution in [3.8, 4) is 11.5 Å². The van der Waals surface area contributed by atoms with Crippen LogP contribution in [0.4, 0.5) is 0 Å². The first-order chi connectivity index (χ1) is 9.70. The molecular weight excluding hydrogens is 254 g/mol. The third-order valence-electron chi connectivity index (χ3n) is 3.07. The van der Waals surface area contributed by atoms with Crippen LogP contribution in [0.5, 0.6) is 11.5 Å². The van der Waals surface area contributed by atoms with E-state index in [1.165, 1.54) is 0 Å². The molecule has 0 aliphatic rings. The average Bonchev–Trinajstić information content (AvgIpc) is 2.48. The van der Waals surface area contributed by atoms with Gasteiger partial charge < -0.3 is 20.7 Å². The Labute approximate surface area is 118 Å². The summed E-state index contributed by atoms with van der Waals surface area (Å²) in [6.07, 6.45) is -0.420. The molecule has 0 heterocycles. The highest BCUT2D eigenvalue weighted by Crippen LogP contribution is 2.24. The SMILES string of the molecule is NC(CCO)C(O)c1ccc(Oc2ccccc2)cc1. The van der Waals surface area contributed by atoms with Crippen LogP contribution in [0.25, 0.3) is 0 Å². The fraction of sp³-hybridized carbons (Fsp3) is 0.250. The lowest BCUT2D eigenvalue weighted by atomic mass is 10.0. The molecule has 0 aliphatic heterocycles. The van der Waals surface area contributed by atoms with Gasteiger partial charge in [0, 0.05) is 12.6 Å². The molecule has 0 aliphatic carbocycles. The van der Waals surface area contributed by atoms with Crippen LogP contribution in [0.1, 0.15) is 18.1 Å². The van der Waals surface area contributed by atoms with E-state index in [1.54, 1.807) is 24.3 Å². The van der Waals surface area contributed by atoms with Gasteiger partial charge in [0.2, 0.25) is 0 Å². The monoisotopic (exact) mass is 273 g/mol. The van der Waals surface area contributed by atoms with Crippen molar-refractivity contribution in [3.05, 3.63) is 60.2 Å². The zero-order chi connectivity index (χ0) is 14.4. The molecule has 0 fully saturated rings. The van der Waals surface area contributed by atoms with Gasteiger partial charge in [0.25, 0.3) is 0 Å². The Bertz CT molecular complexity index is 513. The van der Waals surface area contributed by atoms with Crippen LogP contribution in [-0.4, -0.2) is 22.9 Å². The molecule has 0 saturated heterocycles. The van der Waals surface area contributed by atoms with E-state index < -0.39 is 12.1 Å². The number of nitrogens with two attached hydrogens (primary N) is 1. The molecule has 0 spiro atoms. The first-order valence-electron chi connectivity index (χ1n) is 6.58. The van der Waals surface area contributed by atoms with Crippen LogP contribution < -0.4 is 10.5 Å². The van der Waals surface area contributed by atoms with Crippen molar-refractivity contribution in [2.75, 3.05) is 6.61 Å². The van der Waals surface area contributed by atoms with Gasteiger partial charge >= 0.3 is 0 Å². The Morgan fingerprint density at radius 2 is 1.55 bits per heavy atom. The van der Waals surface area contributed by atoms with E-state index in [0.717, 1.165) is 5.75 Å². The third kappa shape index (κ3) is 3.81. The lowest BCUT2D eigenvalue weighted by molar-refractivity contribution is 0.129. The average molecular weight is 273 g/mol. The van der Waals surface area contributed by atoms with Gasteiger partial charge in [-0.1, -0.05) is 30.3 Å². The zero-order valence-electron chi connectivity index (χ0n) is 11.1. The third-order valence-corrected chi connectivity index (χ3v) is 3.07. The molecule has 2 aromatic rings. The van der Waals surface area contributed by atoms with Crippen molar-refractivity contribution < 1.29 is 14.9 Å². The van der Waals surface area contributed by atoms with Crippen molar-refractivity contribution >= 4 is 0 Å². The number of para-hydroxylation sites is 1. The largest absolute Gasteiger partial charge is 0.457 e. The van der Waals surface area contributed by atoms with Crippen LogP contribution in [0.2, 0.25) is 0 Å². The van der Waals surface area contributed by atoms with Crippen molar-refractivity contribution in [1.82, 2.24) is 0 Å². The molecular formula is C16H19NO3. The Kier molecular flexibility index (Phi) is 5.12. The normalized spacial score (nSPS) is 13.8. The van der Waals surface area contributed by atoms with E-state index >= 15 is 0 Å². The van der Waals surface area contributed by atoms with E-state index in [-0.39, 0.29) is 6.61 Å². The summed E-state index contributed by atoms with van der Waals surface area (Å²) in [6, 6.07) is 16.1. The summed E-state index contributed by atoms with van der Waals surface area (Å²) in [7, 11) is 0. The van der Waals surface area contributed by atoms with Crippen LogP contribution >= 0.6 is 0 Å². The minimum Gasteiger partial charge on any atom is -0.457 e. The van der Waals surface area contributed by atoms with Gasteiger partial charge in [-0.15, -0.1) is 0 Å². The maximum Gasteiger partial charge on any atom is 0.127 e. The second-order valence-electron chi connectivity index (χ2n) is 4.61. The van der Waals surface area contributed by atoms with E-state index in [4.69, 9.17) is 15.6 Å². The van der Waals surface area contributed by atoms with Gasteiger partial charge in [-0.05, 0) is 36.2 Å². The Hall–Kier alpha value is -1.88. The number of hydrogen-bond donors (Lipinski definition) is 3. The number of benzene rings is 2. The molecule has 0 radical (unpaired) electrons. The van der Waals surface area contributed by atoms with Gasteiger partial charge in [-0.3, -0.25) is 0 Å².